The van der Waals surface area contributed by atoms with Crippen LogP contribution in [0.3, 0.4) is 0 Å². The van der Waals surface area contributed by atoms with E-state index < -0.39 is 0 Å². The highest BCUT2D eigenvalue weighted by molar-refractivity contribution is 5.90. The average molecular weight is 399 g/mol. The molecule has 6 heteroatoms. The van der Waals surface area contributed by atoms with Crippen LogP contribution in [-0.4, -0.2) is 46.0 Å². The molecule has 0 aromatic rings. The summed E-state index contributed by atoms with van der Waals surface area (Å²) in [6, 6.07) is 0. The van der Waals surface area contributed by atoms with Crippen molar-refractivity contribution in [1.82, 2.24) is 10.6 Å². The quantitative estimate of drug-likeness (QED) is 0.187. The summed E-state index contributed by atoms with van der Waals surface area (Å²) >= 11 is 0. The van der Waals surface area contributed by atoms with Crippen molar-refractivity contribution < 1.29 is 10.4 Å². The van der Waals surface area contributed by atoms with Crippen molar-refractivity contribution in [3.63, 3.8) is 0 Å². The van der Waals surface area contributed by atoms with E-state index >= 15 is 0 Å². The van der Waals surface area contributed by atoms with Gasteiger partial charge in [0.1, 0.15) is 0 Å². The maximum atomic E-state index is 9.05. The molecule has 0 saturated heterocycles. The summed E-state index contributed by atoms with van der Waals surface area (Å²) in [6.45, 7) is 20.6. The highest BCUT2D eigenvalue weighted by Gasteiger charge is 2.24. The lowest BCUT2D eigenvalue weighted by Gasteiger charge is -2.30. The number of hydrogen-bond donors (Lipinski definition) is 4. The molecular weight excluding hydrogens is 352 g/mol. The lowest BCUT2D eigenvalue weighted by atomic mass is 9.81. The fourth-order valence-corrected chi connectivity index (χ4v) is 2.89. The smallest absolute Gasteiger partial charge is 0.0734 e. The van der Waals surface area contributed by atoms with E-state index in [1.54, 1.807) is 0 Å². The molecule has 0 unspecified atom stereocenters. The van der Waals surface area contributed by atoms with Crippen molar-refractivity contribution in [2.45, 2.75) is 105 Å². The zero-order valence-corrected chi connectivity index (χ0v) is 19.8. The van der Waals surface area contributed by atoms with Crippen LogP contribution in [-0.2, 0) is 0 Å². The Labute approximate surface area is 173 Å². The number of nitrogens with zero attached hydrogens (tertiary/aromatic N) is 2. The molecule has 0 saturated carbocycles. The molecule has 0 aliphatic heterocycles. The predicted octanol–water partition coefficient (Wildman–Crippen LogP) is 5.04. The Morgan fingerprint density at radius 1 is 0.786 bits per heavy atom. The Bertz CT molecular complexity index is 475. The maximum absolute atomic E-state index is 9.05. The third-order valence-electron chi connectivity index (χ3n) is 6.53. The average Bonchev–Trinajstić information content (AvgIpc) is 2.63. The Morgan fingerprint density at radius 2 is 1.18 bits per heavy atom. The van der Waals surface area contributed by atoms with Crippen molar-refractivity contribution in [2.75, 3.05) is 13.1 Å². The van der Waals surface area contributed by atoms with Crippen LogP contribution in [0.15, 0.2) is 10.3 Å². The fraction of sp³-hybridized carbons (Fsp3) is 0.909. The Balaban J connectivity index is 4.79. The van der Waals surface area contributed by atoms with Gasteiger partial charge in [0.15, 0.2) is 0 Å². The molecule has 0 radical (unpaired) electrons. The molecular formula is C22H46N4O2. The second kappa shape index (κ2) is 11.8. The molecule has 0 aromatic carbocycles. The zero-order valence-electron chi connectivity index (χ0n) is 19.8. The first kappa shape index (κ1) is 26.9. The van der Waals surface area contributed by atoms with E-state index in [1.165, 1.54) is 19.3 Å². The molecule has 6 nitrogen and oxygen atoms in total. The van der Waals surface area contributed by atoms with Crippen molar-refractivity contribution in [3.05, 3.63) is 0 Å². The summed E-state index contributed by atoms with van der Waals surface area (Å²) < 4.78 is 0. The van der Waals surface area contributed by atoms with Gasteiger partial charge in [0.2, 0.25) is 0 Å². The Hall–Kier alpha value is -1.14. The van der Waals surface area contributed by atoms with Gasteiger partial charge in [0.25, 0.3) is 0 Å². The molecule has 166 valence electrons. The molecule has 28 heavy (non-hydrogen) atoms. The number of oxime groups is 2. The monoisotopic (exact) mass is 398 g/mol. The van der Waals surface area contributed by atoms with Gasteiger partial charge in [0.05, 0.1) is 22.5 Å². The fourth-order valence-electron chi connectivity index (χ4n) is 2.89. The van der Waals surface area contributed by atoms with Gasteiger partial charge in [-0.15, -0.1) is 0 Å². The van der Waals surface area contributed by atoms with Crippen molar-refractivity contribution in [1.29, 1.82) is 0 Å². The maximum Gasteiger partial charge on any atom is 0.0734 e. The molecule has 0 heterocycles. The zero-order chi connectivity index (χ0) is 22.0. The Kier molecular flexibility index (Phi) is 11.3. The number of hydrogen-bond acceptors (Lipinski definition) is 6. The summed E-state index contributed by atoms with van der Waals surface area (Å²) in [5.74, 6) is 0.607. The van der Waals surface area contributed by atoms with E-state index in [9.17, 15) is 0 Å². The summed E-state index contributed by atoms with van der Waals surface area (Å²) in [4.78, 5) is 0. The van der Waals surface area contributed by atoms with Crippen molar-refractivity contribution in [2.24, 2.45) is 21.6 Å². The van der Waals surface area contributed by atoms with E-state index in [0.29, 0.717) is 22.8 Å². The lowest BCUT2D eigenvalue weighted by molar-refractivity contribution is 0.263. The first-order chi connectivity index (χ1) is 12.8. The third-order valence-corrected chi connectivity index (χ3v) is 6.53. The van der Waals surface area contributed by atoms with Crippen LogP contribution in [0.1, 0.15) is 94.4 Å². The molecule has 0 aliphatic rings. The summed E-state index contributed by atoms with van der Waals surface area (Å²) in [7, 11) is 0. The molecule has 0 spiro atoms. The van der Waals surface area contributed by atoms with Gasteiger partial charge in [-0.05, 0) is 91.6 Å². The Morgan fingerprint density at radius 3 is 1.50 bits per heavy atom. The standard InChI is InChI=1S/C22H46N4O2/c1-10-20(4,5)14-11-19(12-15-23-21(6,7)17(2)25-27)13-16-24-22(8,9)18(3)26-28/h19,23-24,27-28H,10-16H2,1-9H3. The minimum absolute atomic E-state index is 0.309. The van der Waals surface area contributed by atoms with E-state index in [4.69, 9.17) is 10.4 Å². The molecule has 0 aromatic heterocycles. The first-order valence-corrected chi connectivity index (χ1v) is 10.7. The summed E-state index contributed by atoms with van der Waals surface area (Å²) in [5, 5.41) is 31.8. The van der Waals surface area contributed by atoms with Crippen molar-refractivity contribution >= 4 is 11.4 Å². The van der Waals surface area contributed by atoms with Crippen LogP contribution >= 0.6 is 0 Å². The van der Waals surface area contributed by atoms with Gasteiger partial charge in [0, 0.05) is 0 Å². The molecule has 0 rings (SSSR count). The largest absolute Gasteiger partial charge is 0.411 e. The second-order valence-corrected chi connectivity index (χ2v) is 9.97. The molecule has 0 fully saturated rings. The van der Waals surface area contributed by atoms with Gasteiger partial charge < -0.3 is 21.0 Å². The molecule has 0 atom stereocenters. The van der Waals surface area contributed by atoms with Gasteiger partial charge in [-0.2, -0.15) is 0 Å². The molecule has 0 amide bonds. The van der Waals surface area contributed by atoms with Crippen LogP contribution in [0.5, 0.6) is 0 Å². The number of nitrogens with one attached hydrogen (secondary N) is 2. The van der Waals surface area contributed by atoms with E-state index in [2.05, 4.69) is 41.7 Å². The highest BCUT2D eigenvalue weighted by atomic mass is 16.4. The highest BCUT2D eigenvalue weighted by Crippen LogP contribution is 2.30. The van der Waals surface area contributed by atoms with E-state index in [1.807, 2.05) is 41.5 Å². The lowest BCUT2D eigenvalue weighted by Crippen LogP contribution is -2.47. The minimum Gasteiger partial charge on any atom is -0.411 e. The molecule has 0 bridgehead atoms. The van der Waals surface area contributed by atoms with Gasteiger partial charge in [-0.25, -0.2) is 0 Å². The minimum atomic E-state index is -0.309. The number of rotatable bonds is 14. The van der Waals surface area contributed by atoms with Crippen LogP contribution < -0.4 is 10.6 Å². The predicted molar refractivity (Wildman–Crippen MR) is 120 cm³/mol. The second-order valence-electron chi connectivity index (χ2n) is 9.97. The molecule has 0 aliphatic carbocycles. The van der Waals surface area contributed by atoms with Gasteiger partial charge in [-0.1, -0.05) is 37.5 Å². The summed E-state index contributed by atoms with van der Waals surface area (Å²) in [5.41, 5.74) is 1.14. The van der Waals surface area contributed by atoms with E-state index in [0.717, 1.165) is 25.9 Å². The topological polar surface area (TPSA) is 89.2 Å². The van der Waals surface area contributed by atoms with E-state index in [-0.39, 0.29) is 11.1 Å². The third kappa shape index (κ3) is 9.87. The van der Waals surface area contributed by atoms with Crippen LogP contribution in [0.2, 0.25) is 0 Å². The van der Waals surface area contributed by atoms with Gasteiger partial charge in [-0.3, -0.25) is 0 Å². The first-order valence-electron chi connectivity index (χ1n) is 10.7. The summed E-state index contributed by atoms with van der Waals surface area (Å²) in [6.07, 6.45) is 5.77. The van der Waals surface area contributed by atoms with Gasteiger partial charge >= 0.3 is 0 Å². The van der Waals surface area contributed by atoms with Crippen LogP contribution in [0.25, 0.3) is 0 Å². The van der Waals surface area contributed by atoms with Crippen molar-refractivity contribution in [3.8, 4) is 0 Å². The molecule has 4 N–H and O–H groups in total. The van der Waals surface area contributed by atoms with Crippen LogP contribution in [0, 0.1) is 11.3 Å². The SMILES string of the molecule is CCC(C)(C)CCC(CCNC(C)(C)C(C)=NO)CCNC(C)(C)C(C)=NO. The normalized spacial score (nSPS) is 15.8. The van der Waals surface area contributed by atoms with Crippen LogP contribution in [0.4, 0.5) is 0 Å².